The van der Waals surface area contributed by atoms with Crippen LogP contribution in [0.5, 0.6) is 0 Å². The molecule has 0 spiro atoms. The largest absolute Gasteiger partial charge is 0.344 e. The number of hydrogen-bond acceptors (Lipinski definition) is 4. The third-order valence-corrected chi connectivity index (χ3v) is 5.27. The summed E-state index contributed by atoms with van der Waals surface area (Å²) in [7, 11) is 0. The summed E-state index contributed by atoms with van der Waals surface area (Å²) in [4.78, 5) is 16.9. The summed E-state index contributed by atoms with van der Waals surface area (Å²) in [5.41, 5.74) is 1.74. The number of carbonyl (C=O) groups excluding carboxylic acids is 1. The lowest BCUT2D eigenvalue weighted by Crippen LogP contribution is -2.42. The highest BCUT2D eigenvalue weighted by Crippen LogP contribution is 2.23. The molecule has 6 heteroatoms. The molecular weight excluding hydrogens is 342 g/mol. The summed E-state index contributed by atoms with van der Waals surface area (Å²) >= 11 is 8.01. The normalized spacial score (nSPS) is 18.8. The topological polar surface area (TPSA) is 54.0 Å². The first-order valence-corrected chi connectivity index (χ1v) is 9.52. The number of amides is 1. The molecule has 1 saturated heterocycles. The van der Waals surface area contributed by atoms with Crippen molar-refractivity contribution in [2.24, 2.45) is 0 Å². The summed E-state index contributed by atoms with van der Waals surface area (Å²) in [6, 6.07) is 13.2. The van der Waals surface area contributed by atoms with Crippen molar-refractivity contribution >= 4 is 29.3 Å². The molecule has 0 saturated carbocycles. The van der Waals surface area contributed by atoms with Crippen LogP contribution in [0.3, 0.4) is 0 Å². The van der Waals surface area contributed by atoms with Gasteiger partial charge in [-0.15, -0.1) is 0 Å². The third kappa shape index (κ3) is 4.72. The fourth-order valence-electron chi connectivity index (χ4n) is 2.76. The Morgan fingerprint density at radius 1 is 1.38 bits per heavy atom. The molecule has 1 aromatic carbocycles. The molecule has 2 aromatic rings. The van der Waals surface area contributed by atoms with E-state index in [0.29, 0.717) is 11.4 Å². The Balaban J connectivity index is 1.76. The zero-order valence-corrected chi connectivity index (χ0v) is 14.8. The van der Waals surface area contributed by atoms with E-state index < -0.39 is 0 Å². The minimum absolute atomic E-state index is 0.0191. The van der Waals surface area contributed by atoms with E-state index >= 15 is 0 Å². The number of benzene rings is 1. The summed E-state index contributed by atoms with van der Waals surface area (Å²) in [5.74, 6) is 2.10. The van der Waals surface area contributed by atoms with Crippen LogP contribution in [0, 0.1) is 0 Å². The first-order chi connectivity index (χ1) is 11.7. The fourth-order valence-corrected chi connectivity index (χ4v) is 3.90. The molecule has 2 atom stereocenters. The predicted molar refractivity (Wildman–Crippen MR) is 99.4 cm³/mol. The maximum atomic E-state index is 12.5. The lowest BCUT2D eigenvalue weighted by molar-refractivity contribution is -0.122. The van der Waals surface area contributed by atoms with Crippen molar-refractivity contribution in [1.29, 1.82) is 0 Å². The Hall–Kier alpha value is -1.56. The molecule has 1 fully saturated rings. The molecule has 0 bridgehead atoms. The number of pyridine rings is 1. The van der Waals surface area contributed by atoms with Crippen molar-refractivity contribution in [2.75, 3.05) is 18.1 Å². The van der Waals surface area contributed by atoms with Crippen molar-refractivity contribution in [2.45, 2.75) is 18.5 Å². The molecule has 0 aliphatic carbocycles. The van der Waals surface area contributed by atoms with E-state index in [1.54, 1.807) is 6.20 Å². The van der Waals surface area contributed by atoms with Crippen LogP contribution >= 0.6 is 23.4 Å². The van der Waals surface area contributed by atoms with E-state index in [2.05, 4.69) is 15.6 Å². The van der Waals surface area contributed by atoms with Gasteiger partial charge in [0.05, 0.1) is 11.7 Å². The number of hydrogen-bond donors (Lipinski definition) is 2. The molecular formula is C18H20ClN3OS. The second-order valence-electron chi connectivity index (χ2n) is 5.74. The average Bonchev–Trinajstić information content (AvgIpc) is 2.61. The van der Waals surface area contributed by atoms with E-state index in [9.17, 15) is 4.79 Å². The van der Waals surface area contributed by atoms with Gasteiger partial charge < -0.3 is 10.6 Å². The zero-order chi connectivity index (χ0) is 16.8. The molecule has 4 nitrogen and oxygen atoms in total. The van der Waals surface area contributed by atoms with Gasteiger partial charge in [0, 0.05) is 41.7 Å². The van der Waals surface area contributed by atoms with Crippen LogP contribution in [0.1, 0.15) is 23.7 Å². The second kappa shape index (κ2) is 8.51. The maximum Gasteiger partial charge on any atom is 0.222 e. The Kier molecular flexibility index (Phi) is 6.12. The van der Waals surface area contributed by atoms with Gasteiger partial charge in [0.15, 0.2) is 0 Å². The highest BCUT2D eigenvalue weighted by atomic mass is 35.5. The Labute approximate surface area is 151 Å². The molecule has 1 aliphatic rings. The van der Waals surface area contributed by atoms with Crippen LogP contribution in [-0.4, -0.2) is 35.0 Å². The monoisotopic (exact) mass is 361 g/mol. The Morgan fingerprint density at radius 2 is 2.29 bits per heavy atom. The molecule has 1 aliphatic heterocycles. The number of carbonyl (C=O) groups is 1. The predicted octanol–water partition coefficient (Wildman–Crippen LogP) is 3.04. The molecule has 2 unspecified atom stereocenters. The van der Waals surface area contributed by atoms with Crippen molar-refractivity contribution in [3.63, 3.8) is 0 Å². The smallest absolute Gasteiger partial charge is 0.222 e. The van der Waals surface area contributed by atoms with Gasteiger partial charge in [0.1, 0.15) is 0 Å². The minimum Gasteiger partial charge on any atom is -0.344 e. The standard InChI is InChI=1S/C18H20ClN3OS/c19-14-5-3-4-13(10-14)18(16-6-1-2-7-21-16)22-17(23)11-15-12-24-9-8-20-15/h1-7,10,15,18,20H,8-9,11-12H2,(H,22,23). The quantitative estimate of drug-likeness (QED) is 0.859. The molecule has 1 aromatic heterocycles. The van der Waals surface area contributed by atoms with Crippen LogP contribution in [-0.2, 0) is 4.79 Å². The summed E-state index contributed by atoms with van der Waals surface area (Å²) in [6.07, 6.45) is 2.20. The first kappa shape index (κ1) is 17.3. The molecule has 2 heterocycles. The van der Waals surface area contributed by atoms with Crippen molar-refractivity contribution in [1.82, 2.24) is 15.6 Å². The number of rotatable bonds is 5. The van der Waals surface area contributed by atoms with Crippen LogP contribution in [0.2, 0.25) is 5.02 Å². The lowest BCUT2D eigenvalue weighted by atomic mass is 10.0. The van der Waals surface area contributed by atoms with Gasteiger partial charge in [0.25, 0.3) is 0 Å². The van der Waals surface area contributed by atoms with Crippen LogP contribution in [0.25, 0.3) is 0 Å². The summed E-state index contributed by atoms with van der Waals surface area (Å²) < 4.78 is 0. The lowest BCUT2D eigenvalue weighted by Gasteiger charge is -2.24. The van der Waals surface area contributed by atoms with E-state index in [1.807, 2.05) is 54.2 Å². The molecule has 24 heavy (non-hydrogen) atoms. The molecule has 126 valence electrons. The number of nitrogens with zero attached hydrogens (tertiary/aromatic N) is 1. The zero-order valence-electron chi connectivity index (χ0n) is 13.2. The van der Waals surface area contributed by atoms with Crippen molar-refractivity contribution < 1.29 is 4.79 Å². The Bertz CT molecular complexity index is 677. The number of thioether (sulfide) groups is 1. The molecule has 1 amide bonds. The maximum absolute atomic E-state index is 12.5. The summed E-state index contributed by atoms with van der Waals surface area (Å²) in [5, 5.41) is 7.15. The second-order valence-corrected chi connectivity index (χ2v) is 7.33. The van der Waals surface area contributed by atoms with Crippen LogP contribution < -0.4 is 10.6 Å². The van der Waals surface area contributed by atoms with Crippen LogP contribution in [0.15, 0.2) is 48.7 Å². The highest BCUT2D eigenvalue weighted by molar-refractivity contribution is 7.99. The van der Waals surface area contributed by atoms with Crippen molar-refractivity contribution in [3.05, 3.63) is 64.9 Å². The van der Waals surface area contributed by atoms with Gasteiger partial charge in [-0.05, 0) is 29.8 Å². The van der Waals surface area contributed by atoms with E-state index in [0.717, 1.165) is 29.3 Å². The van der Waals surface area contributed by atoms with Crippen LogP contribution in [0.4, 0.5) is 0 Å². The highest BCUT2D eigenvalue weighted by Gasteiger charge is 2.21. The van der Waals surface area contributed by atoms with E-state index in [-0.39, 0.29) is 18.0 Å². The average molecular weight is 362 g/mol. The SMILES string of the molecule is O=C(CC1CSCCN1)NC(c1cccc(Cl)c1)c1ccccn1. The van der Waals surface area contributed by atoms with Gasteiger partial charge in [-0.25, -0.2) is 0 Å². The van der Waals surface area contributed by atoms with Gasteiger partial charge in [-0.3, -0.25) is 9.78 Å². The number of halogens is 1. The van der Waals surface area contributed by atoms with E-state index in [1.165, 1.54) is 0 Å². The minimum atomic E-state index is -0.298. The molecule has 0 radical (unpaired) electrons. The van der Waals surface area contributed by atoms with Gasteiger partial charge >= 0.3 is 0 Å². The number of nitrogens with one attached hydrogen (secondary N) is 2. The van der Waals surface area contributed by atoms with Gasteiger partial charge in [-0.2, -0.15) is 11.8 Å². The van der Waals surface area contributed by atoms with E-state index in [4.69, 9.17) is 11.6 Å². The molecule has 2 N–H and O–H groups in total. The third-order valence-electron chi connectivity index (χ3n) is 3.90. The molecule has 3 rings (SSSR count). The van der Waals surface area contributed by atoms with Crippen molar-refractivity contribution in [3.8, 4) is 0 Å². The van der Waals surface area contributed by atoms with Gasteiger partial charge in [0.2, 0.25) is 5.91 Å². The van der Waals surface area contributed by atoms with Gasteiger partial charge in [-0.1, -0.05) is 29.8 Å². The Morgan fingerprint density at radius 3 is 3.00 bits per heavy atom. The fraction of sp³-hybridized carbons (Fsp3) is 0.333. The number of aromatic nitrogens is 1. The summed E-state index contributed by atoms with van der Waals surface area (Å²) in [6.45, 7) is 0.959. The first-order valence-electron chi connectivity index (χ1n) is 7.99.